The van der Waals surface area contributed by atoms with Crippen LogP contribution in [0.3, 0.4) is 0 Å². The second kappa shape index (κ2) is 7.90. The minimum atomic E-state index is -2.16. The summed E-state index contributed by atoms with van der Waals surface area (Å²) in [6, 6.07) is 0. The summed E-state index contributed by atoms with van der Waals surface area (Å²) >= 11 is 0. The standard InChI is InChI=1S/C6H12O6.C5H10O5/c7-1-3-4(9)5(10)6(11,2-8)12-3;6-2-1-10-5(9)4(8)3(2)7/h3-5,7-11H,1-2H2;2-9H,1H2/t3-,4-,5+,6?;2-,3-,4+,5?/m11/s1. The van der Waals surface area contributed by atoms with Gasteiger partial charge in [0, 0.05) is 0 Å². The van der Waals surface area contributed by atoms with Gasteiger partial charge in [0.15, 0.2) is 6.29 Å². The van der Waals surface area contributed by atoms with Gasteiger partial charge in [-0.25, -0.2) is 0 Å². The van der Waals surface area contributed by atoms with Gasteiger partial charge in [-0.1, -0.05) is 0 Å². The van der Waals surface area contributed by atoms with E-state index in [-0.39, 0.29) is 6.61 Å². The second-order valence-electron chi connectivity index (χ2n) is 5.05. The third-order valence-corrected chi connectivity index (χ3v) is 3.40. The summed E-state index contributed by atoms with van der Waals surface area (Å²) in [5.74, 6) is -2.16. The molecule has 2 unspecified atom stereocenters. The fourth-order valence-electron chi connectivity index (χ4n) is 1.94. The Labute approximate surface area is 125 Å². The van der Waals surface area contributed by atoms with Crippen LogP contribution in [0, 0.1) is 0 Å². The second-order valence-corrected chi connectivity index (χ2v) is 5.05. The van der Waals surface area contributed by atoms with Crippen molar-refractivity contribution in [1.29, 1.82) is 0 Å². The van der Waals surface area contributed by atoms with E-state index < -0.39 is 61.9 Å². The Morgan fingerprint density at radius 2 is 1.50 bits per heavy atom. The Hall–Kier alpha value is -0.440. The zero-order valence-electron chi connectivity index (χ0n) is 11.5. The topological polar surface area (TPSA) is 201 Å². The molecule has 11 nitrogen and oxygen atoms in total. The van der Waals surface area contributed by atoms with Crippen LogP contribution in [0.5, 0.6) is 0 Å². The predicted molar refractivity (Wildman–Crippen MR) is 66.0 cm³/mol. The van der Waals surface area contributed by atoms with Gasteiger partial charge in [0.1, 0.15) is 36.6 Å². The maximum Gasteiger partial charge on any atom is 0.219 e. The Bertz CT molecular complexity index is 328. The average Bonchev–Trinajstić information content (AvgIpc) is 2.74. The molecular formula is C11H22O11. The van der Waals surface area contributed by atoms with E-state index in [2.05, 4.69) is 9.47 Å². The van der Waals surface area contributed by atoms with Gasteiger partial charge in [-0.2, -0.15) is 0 Å². The normalized spacial score (nSPS) is 48.7. The Morgan fingerprint density at radius 1 is 0.909 bits per heavy atom. The van der Waals surface area contributed by atoms with Crippen molar-refractivity contribution in [3.8, 4) is 0 Å². The first-order chi connectivity index (χ1) is 10.2. The van der Waals surface area contributed by atoms with E-state index in [0.29, 0.717) is 0 Å². The van der Waals surface area contributed by atoms with Crippen LogP contribution in [0.15, 0.2) is 0 Å². The van der Waals surface area contributed by atoms with Crippen molar-refractivity contribution in [3.63, 3.8) is 0 Å². The molecule has 132 valence electrons. The maximum atomic E-state index is 9.25. The molecule has 0 bridgehead atoms. The molecule has 0 radical (unpaired) electrons. The van der Waals surface area contributed by atoms with Gasteiger partial charge < -0.3 is 55.4 Å². The zero-order chi connectivity index (χ0) is 17.1. The summed E-state index contributed by atoms with van der Waals surface area (Å²) < 4.78 is 9.10. The van der Waals surface area contributed by atoms with Crippen molar-refractivity contribution < 1.29 is 55.4 Å². The highest BCUT2D eigenvalue weighted by atomic mass is 16.7. The lowest BCUT2D eigenvalue weighted by Gasteiger charge is -2.31. The van der Waals surface area contributed by atoms with E-state index in [0.717, 1.165) is 0 Å². The van der Waals surface area contributed by atoms with Crippen LogP contribution in [0.1, 0.15) is 0 Å². The first-order valence-corrected chi connectivity index (χ1v) is 6.49. The highest BCUT2D eigenvalue weighted by molar-refractivity contribution is 4.94. The quantitative estimate of drug-likeness (QED) is 0.233. The minimum Gasteiger partial charge on any atom is -0.394 e. The molecule has 2 fully saturated rings. The van der Waals surface area contributed by atoms with Crippen LogP contribution < -0.4 is 0 Å². The summed E-state index contributed by atoms with van der Waals surface area (Å²) in [6.07, 6.45) is -9.27. The van der Waals surface area contributed by atoms with Crippen LogP contribution in [-0.4, -0.2) is 114 Å². The number of aliphatic hydroxyl groups is 9. The van der Waals surface area contributed by atoms with E-state index >= 15 is 0 Å². The molecule has 22 heavy (non-hydrogen) atoms. The van der Waals surface area contributed by atoms with Crippen LogP contribution in [0.4, 0.5) is 0 Å². The molecule has 8 atom stereocenters. The molecule has 0 saturated carbocycles. The fraction of sp³-hybridized carbons (Fsp3) is 1.00. The lowest BCUT2D eigenvalue weighted by Crippen LogP contribution is -2.52. The average molecular weight is 330 g/mol. The molecule has 11 heteroatoms. The van der Waals surface area contributed by atoms with E-state index in [9.17, 15) is 5.11 Å². The maximum absolute atomic E-state index is 9.25. The third-order valence-electron chi connectivity index (χ3n) is 3.40. The summed E-state index contributed by atoms with van der Waals surface area (Å²) in [5, 5.41) is 79.9. The van der Waals surface area contributed by atoms with Gasteiger partial charge in [0.25, 0.3) is 0 Å². The highest BCUT2D eigenvalue weighted by Gasteiger charge is 2.52. The van der Waals surface area contributed by atoms with Gasteiger partial charge in [0.2, 0.25) is 5.79 Å². The molecule has 0 aliphatic carbocycles. The predicted octanol–water partition coefficient (Wildman–Crippen LogP) is -5.80. The molecule has 0 spiro atoms. The molecule has 9 N–H and O–H groups in total. The van der Waals surface area contributed by atoms with Crippen molar-refractivity contribution >= 4 is 0 Å². The Morgan fingerprint density at radius 3 is 1.86 bits per heavy atom. The van der Waals surface area contributed by atoms with E-state index in [1.807, 2.05) is 0 Å². The van der Waals surface area contributed by atoms with E-state index in [1.54, 1.807) is 0 Å². The first-order valence-electron chi connectivity index (χ1n) is 6.49. The zero-order valence-corrected chi connectivity index (χ0v) is 11.5. The molecule has 0 aromatic heterocycles. The number of rotatable bonds is 2. The molecule has 2 aliphatic heterocycles. The number of aliphatic hydroxyl groups excluding tert-OH is 8. The van der Waals surface area contributed by atoms with E-state index in [1.165, 1.54) is 0 Å². The number of hydrogen-bond donors (Lipinski definition) is 9. The Kier molecular flexibility index (Phi) is 7.04. The first kappa shape index (κ1) is 19.6. The summed E-state index contributed by atoms with van der Waals surface area (Å²) in [5.41, 5.74) is 0. The molecule has 2 rings (SSSR count). The monoisotopic (exact) mass is 330 g/mol. The molecule has 2 aliphatic rings. The van der Waals surface area contributed by atoms with Crippen molar-refractivity contribution in [3.05, 3.63) is 0 Å². The molecule has 2 heterocycles. The molecule has 0 aromatic rings. The van der Waals surface area contributed by atoms with Gasteiger partial charge in [0.05, 0.1) is 19.8 Å². The summed E-state index contributed by atoms with van der Waals surface area (Å²) in [4.78, 5) is 0. The van der Waals surface area contributed by atoms with Gasteiger partial charge in [-0.05, 0) is 0 Å². The highest BCUT2D eigenvalue weighted by Crippen LogP contribution is 2.28. The molecule has 2 saturated heterocycles. The van der Waals surface area contributed by atoms with Crippen LogP contribution >= 0.6 is 0 Å². The Balaban J connectivity index is 0.000000224. The van der Waals surface area contributed by atoms with Crippen molar-refractivity contribution in [2.45, 2.75) is 48.7 Å². The number of hydrogen-bond acceptors (Lipinski definition) is 11. The van der Waals surface area contributed by atoms with E-state index in [4.69, 9.17) is 40.9 Å². The lowest BCUT2D eigenvalue weighted by molar-refractivity contribution is -0.252. The largest absolute Gasteiger partial charge is 0.394 e. The fourth-order valence-corrected chi connectivity index (χ4v) is 1.94. The van der Waals surface area contributed by atoms with Crippen LogP contribution in [0.2, 0.25) is 0 Å². The van der Waals surface area contributed by atoms with Gasteiger partial charge >= 0.3 is 0 Å². The lowest BCUT2D eigenvalue weighted by atomic mass is 10.1. The van der Waals surface area contributed by atoms with Crippen molar-refractivity contribution in [2.24, 2.45) is 0 Å². The van der Waals surface area contributed by atoms with Crippen molar-refractivity contribution in [1.82, 2.24) is 0 Å². The molecular weight excluding hydrogens is 308 g/mol. The van der Waals surface area contributed by atoms with Crippen molar-refractivity contribution in [2.75, 3.05) is 19.8 Å². The van der Waals surface area contributed by atoms with Gasteiger partial charge in [-0.15, -0.1) is 0 Å². The van der Waals surface area contributed by atoms with Crippen LogP contribution in [-0.2, 0) is 9.47 Å². The SMILES string of the molecule is OC1OC[C@@H](O)[C@@H](O)[C@@H]1O.OC[C@H]1OC(O)(CO)[C@@H](O)[C@@H]1O. The summed E-state index contributed by atoms with van der Waals surface area (Å²) in [6.45, 7) is -1.51. The smallest absolute Gasteiger partial charge is 0.219 e. The van der Waals surface area contributed by atoms with Crippen LogP contribution in [0.25, 0.3) is 0 Å². The van der Waals surface area contributed by atoms with Gasteiger partial charge in [-0.3, -0.25) is 0 Å². The molecule has 0 aromatic carbocycles. The summed E-state index contributed by atoms with van der Waals surface area (Å²) in [7, 11) is 0. The third kappa shape index (κ3) is 4.10. The molecule has 0 amide bonds. The number of ether oxygens (including phenoxy) is 2. The minimum absolute atomic E-state index is 0.153.